The fraction of sp³-hybridized carbons (Fsp3) is 0.727. The Bertz CT molecular complexity index is 291. The molecule has 0 saturated heterocycles. The van der Waals surface area contributed by atoms with Crippen LogP contribution in [0, 0.1) is 6.92 Å². The second-order valence-electron chi connectivity index (χ2n) is 4.01. The highest BCUT2D eigenvalue weighted by atomic mass is 15.3. The van der Waals surface area contributed by atoms with E-state index in [4.69, 9.17) is 0 Å². The fourth-order valence-electron chi connectivity index (χ4n) is 1.58. The first-order chi connectivity index (χ1) is 6.56. The van der Waals surface area contributed by atoms with Gasteiger partial charge in [0.25, 0.3) is 0 Å². The molecule has 2 atom stereocenters. The zero-order valence-corrected chi connectivity index (χ0v) is 9.83. The molecule has 0 aliphatic carbocycles. The van der Waals surface area contributed by atoms with Crippen LogP contribution in [-0.2, 0) is 7.05 Å². The van der Waals surface area contributed by atoms with Crippen molar-refractivity contribution in [3.63, 3.8) is 0 Å². The standard InChI is InChI=1S/C11H21N3/c1-6-8(2)13-9(3)11-7-12-14(5)10(11)4/h7-9,13H,6H2,1-5H3. The molecule has 3 heteroatoms. The molecule has 1 aromatic rings. The van der Waals surface area contributed by atoms with Crippen LogP contribution in [0.1, 0.15) is 44.5 Å². The van der Waals surface area contributed by atoms with Gasteiger partial charge in [-0.3, -0.25) is 4.68 Å². The number of nitrogens with one attached hydrogen (secondary N) is 1. The summed E-state index contributed by atoms with van der Waals surface area (Å²) in [5.74, 6) is 0. The lowest BCUT2D eigenvalue weighted by Crippen LogP contribution is -2.28. The molecule has 3 nitrogen and oxygen atoms in total. The lowest BCUT2D eigenvalue weighted by molar-refractivity contribution is 0.468. The highest BCUT2D eigenvalue weighted by molar-refractivity contribution is 5.19. The summed E-state index contributed by atoms with van der Waals surface area (Å²) >= 11 is 0. The topological polar surface area (TPSA) is 29.9 Å². The predicted molar refractivity (Wildman–Crippen MR) is 59.2 cm³/mol. The van der Waals surface area contributed by atoms with Gasteiger partial charge in [0.1, 0.15) is 0 Å². The van der Waals surface area contributed by atoms with E-state index in [9.17, 15) is 0 Å². The first-order valence-electron chi connectivity index (χ1n) is 5.30. The summed E-state index contributed by atoms with van der Waals surface area (Å²) in [5, 5.41) is 7.79. The molecule has 0 saturated carbocycles. The number of hydrogen-bond acceptors (Lipinski definition) is 2. The number of aryl methyl sites for hydroxylation is 1. The van der Waals surface area contributed by atoms with Crippen molar-refractivity contribution in [2.75, 3.05) is 0 Å². The molecule has 1 heterocycles. The summed E-state index contributed by atoms with van der Waals surface area (Å²) in [7, 11) is 1.98. The third kappa shape index (κ3) is 2.35. The van der Waals surface area contributed by atoms with Crippen molar-refractivity contribution in [2.24, 2.45) is 7.05 Å². The quantitative estimate of drug-likeness (QED) is 0.798. The van der Waals surface area contributed by atoms with E-state index in [1.165, 1.54) is 11.3 Å². The van der Waals surface area contributed by atoms with E-state index in [1.807, 2.05) is 17.9 Å². The van der Waals surface area contributed by atoms with Gasteiger partial charge in [0.15, 0.2) is 0 Å². The lowest BCUT2D eigenvalue weighted by Gasteiger charge is -2.18. The average molecular weight is 195 g/mol. The summed E-state index contributed by atoms with van der Waals surface area (Å²) in [6.07, 6.45) is 3.11. The Balaban J connectivity index is 2.69. The Morgan fingerprint density at radius 3 is 2.57 bits per heavy atom. The van der Waals surface area contributed by atoms with Gasteiger partial charge in [-0.05, 0) is 27.2 Å². The van der Waals surface area contributed by atoms with Crippen LogP contribution in [0.2, 0.25) is 0 Å². The van der Waals surface area contributed by atoms with Crippen molar-refractivity contribution in [3.05, 3.63) is 17.5 Å². The molecule has 0 amide bonds. The zero-order chi connectivity index (χ0) is 10.7. The van der Waals surface area contributed by atoms with Crippen LogP contribution >= 0.6 is 0 Å². The molecule has 14 heavy (non-hydrogen) atoms. The third-order valence-corrected chi connectivity index (χ3v) is 2.89. The molecule has 1 N–H and O–H groups in total. The molecule has 0 aliphatic heterocycles. The van der Waals surface area contributed by atoms with Crippen LogP contribution in [0.25, 0.3) is 0 Å². The first-order valence-corrected chi connectivity index (χ1v) is 5.30. The second-order valence-corrected chi connectivity index (χ2v) is 4.01. The Kier molecular flexibility index (Phi) is 3.69. The zero-order valence-electron chi connectivity index (χ0n) is 9.83. The van der Waals surface area contributed by atoms with E-state index in [0.717, 1.165) is 6.42 Å². The van der Waals surface area contributed by atoms with Gasteiger partial charge in [0.2, 0.25) is 0 Å². The van der Waals surface area contributed by atoms with Crippen LogP contribution in [0.4, 0.5) is 0 Å². The van der Waals surface area contributed by atoms with E-state index in [-0.39, 0.29) is 0 Å². The van der Waals surface area contributed by atoms with Crippen LogP contribution in [-0.4, -0.2) is 15.8 Å². The van der Waals surface area contributed by atoms with E-state index in [2.05, 4.69) is 38.1 Å². The van der Waals surface area contributed by atoms with Gasteiger partial charge < -0.3 is 5.32 Å². The highest BCUT2D eigenvalue weighted by Gasteiger charge is 2.12. The van der Waals surface area contributed by atoms with Crippen LogP contribution in [0.3, 0.4) is 0 Å². The van der Waals surface area contributed by atoms with Gasteiger partial charge in [0, 0.05) is 30.4 Å². The Morgan fingerprint density at radius 2 is 2.14 bits per heavy atom. The van der Waals surface area contributed by atoms with Crippen molar-refractivity contribution in [2.45, 2.75) is 46.2 Å². The van der Waals surface area contributed by atoms with Gasteiger partial charge in [0.05, 0.1) is 6.20 Å². The normalized spacial score (nSPS) is 15.5. The monoisotopic (exact) mass is 195 g/mol. The summed E-state index contributed by atoms with van der Waals surface area (Å²) in [6, 6.07) is 0.947. The maximum Gasteiger partial charge on any atom is 0.0540 e. The Morgan fingerprint density at radius 1 is 1.50 bits per heavy atom. The largest absolute Gasteiger partial charge is 0.308 e. The van der Waals surface area contributed by atoms with Crippen molar-refractivity contribution in [1.29, 1.82) is 0 Å². The molecule has 80 valence electrons. The molecular weight excluding hydrogens is 174 g/mol. The molecule has 0 bridgehead atoms. The van der Waals surface area contributed by atoms with Crippen molar-refractivity contribution in [1.82, 2.24) is 15.1 Å². The van der Waals surface area contributed by atoms with Crippen LogP contribution in [0.5, 0.6) is 0 Å². The van der Waals surface area contributed by atoms with Crippen molar-refractivity contribution < 1.29 is 0 Å². The Labute approximate surface area is 86.5 Å². The molecule has 0 aliphatic rings. The van der Waals surface area contributed by atoms with Gasteiger partial charge >= 0.3 is 0 Å². The summed E-state index contributed by atoms with van der Waals surface area (Å²) in [4.78, 5) is 0. The number of hydrogen-bond donors (Lipinski definition) is 1. The van der Waals surface area contributed by atoms with E-state index < -0.39 is 0 Å². The Hall–Kier alpha value is -0.830. The molecule has 0 fully saturated rings. The van der Waals surface area contributed by atoms with Gasteiger partial charge in [-0.15, -0.1) is 0 Å². The van der Waals surface area contributed by atoms with Gasteiger partial charge in [-0.1, -0.05) is 6.92 Å². The molecule has 1 rings (SSSR count). The molecular formula is C11H21N3. The SMILES string of the molecule is CCC(C)NC(C)c1cnn(C)c1C. The first kappa shape index (κ1) is 11.2. The second kappa shape index (κ2) is 4.60. The molecule has 0 spiro atoms. The summed E-state index contributed by atoms with van der Waals surface area (Å²) in [6.45, 7) is 8.70. The number of rotatable bonds is 4. The number of aromatic nitrogens is 2. The van der Waals surface area contributed by atoms with E-state index in [1.54, 1.807) is 0 Å². The fourth-order valence-corrected chi connectivity index (χ4v) is 1.58. The highest BCUT2D eigenvalue weighted by Crippen LogP contribution is 2.16. The smallest absolute Gasteiger partial charge is 0.0540 e. The van der Waals surface area contributed by atoms with E-state index in [0.29, 0.717) is 12.1 Å². The predicted octanol–water partition coefficient (Wildman–Crippen LogP) is 2.18. The van der Waals surface area contributed by atoms with Crippen LogP contribution in [0.15, 0.2) is 6.20 Å². The maximum atomic E-state index is 4.25. The van der Waals surface area contributed by atoms with E-state index >= 15 is 0 Å². The molecule has 0 radical (unpaired) electrons. The lowest BCUT2D eigenvalue weighted by atomic mass is 10.1. The molecule has 0 aromatic carbocycles. The summed E-state index contributed by atoms with van der Waals surface area (Å²) in [5.41, 5.74) is 2.54. The third-order valence-electron chi connectivity index (χ3n) is 2.89. The maximum absolute atomic E-state index is 4.25. The summed E-state index contributed by atoms with van der Waals surface area (Å²) < 4.78 is 1.92. The van der Waals surface area contributed by atoms with Crippen molar-refractivity contribution >= 4 is 0 Å². The van der Waals surface area contributed by atoms with Crippen molar-refractivity contribution in [3.8, 4) is 0 Å². The average Bonchev–Trinajstić information content (AvgIpc) is 2.47. The minimum Gasteiger partial charge on any atom is -0.308 e. The molecule has 2 unspecified atom stereocenters. The van der Waals surface area contributed by atoms with Gasteiger partial charge in [-0.25, -0.2) is 0 Å². The minimum atomic E-state index is 0.388. The minimum absolute atomic E-state index is 0.388. The number of nitrogens with zero attached hydrogens (tertiary/aromatic N) is 2. The van der Waals surface area contributed by atoms with Crippen LogP contribution < -0.4 is 5.32 Å². The molecule has 1 aromatic heterocycles. The van der Waals surface area contributed by atoms with Gasteiger partial charge in [-0.2, -0.15) is 5.10 Å².